The van der Waals surface area contributed by atoms with E-state index in [1.54, 1.807) is 0 Å². The number of nitrogens with two attached hydrogens (primary N) is 1. The number of benzene rings is 1. The van der Waals surface area contributed by atoms with Crippen molar-refractivity contribution in [1.82, 2.24) is 9.55 Å². The summed E-state index contributed by atoms with van der Waals surface area (Å²) < 4.78 is 8.91. The van der Waals surface area contributed by atoms with Crippen LogP contribution in [0.3, 0.4) is 0 Å². The number of nitrogen functional groups attached to an aromatic ring is 1. The predicted octanol–water partition coefficient (Wildman–Crippen LogP) is 2.95. The highest BCUT2D eigenvalue weighted by Gasteiger charge is 2.31. The van der Waals surface area contributed by atoms with Crippen LogP contribution in [0, 0.1) is 0 Å². The number of halogens is 1. The van der Waals surface area contributed by atoms with Crippen LogP contribution in [-0.4, -0.2) is 21.8 Å². The molecule has 5 heteroatoms. The number of rotatable bonds is 2. The Labute approximate surface area is 114 Å². The molecule has 1 atom stereocenters. The largest absolute Gasteiger partial charge is 0.373 e. The molecule has 1 aliphatic rings. The lowest BCUT2D eigenvalue weighted by Gasteiger charge is -2.24. The van der Waals surface area contributed by atoms with E-state index in [0.29, 0.717) is 5.95 Å². The van der Waals surface area contributed by atoms with Crippen LogP contribution in [0.1, 0.15) is 19.8 Å². The fourth-order valence-electron chi connectivity index (χ4n) is 2.58. The van der Waals surface area contributed by atoms with E-state index >= 15 is 0 Å². The van der Waals surface area contributed by atoms with E-state index in [-0.39, 0.29) is 5.60 Å². The Balaban J connectivity index is 2.05. The van der Waals surface area contributed by atoms with Gasteiger partial charge in [-0.25, -0.2) is 4.98 Å². The fourth-order valence-corrected chi connectivity index (χ4v) is 2.93. The van der Waals surface area contributed by atoms with Gasteiger partial charge in [-0.1, -0.05) is 15.9 Å². The quantitative estimate of drug-likeness (QED) is 0.928. The summed E-state index contributed by atoms with van der Waals surface area (Å²) in [5, 5.41) is 0. The van der Waals surface area contributed by atoms with Crippen LogP contribution >= 0.6 is 15.9 Å². The normalized spacial score (nSPS) is 23.9. The van der Waals surface area contributed by atoms with Crippen LogP contribution in [0.15, 0.2) is 22.7 Å². The lowest BCUT2D eigenvalue weighted by atomic mass is 10.0. The summed E-state index contributed by atoms with van der Waals surface area (Å²) in [5.74, 6) is 0.555. The van der Waals surface area contributed by atoms with E-state index in [9.17, 15) is 0 Å². The average molecular weight is 310 g/mol. The number of nitrogens with zero attached hydrogens (tertiary/aromatic N) is 2. The van der Waals surface area contributed by atoms with E-state index in [1.165, 1.54) is 0 Å². The molecule has 1 aromatic carbocycles. The van der Waals surface area contributed by atoms with Crippen molar-refractivity contribution >= 4 is 32.9 Å². The summed E-state index contributed by atoms with van der Waals surface area (Å²) in [5.41, 5.74) is 7.88. The molecule has 0 saturated carbocycles. The van der Waals surface area contributed by atoms with Gasteiger partial charge in [0, 0.05) is 11.1 Å². The van der Waals surface area contributed by atoms with Crippen molar-refractivity contribution in [2.75, 3.05) is 12.3 Å². The molecule has 1 saturated heterocycles. The summed E-state index contributed by atoms with van der Waals surface area (Å²) in [6.07, 6.45) is 2.19. The number of ether oxygens (including phenoxy) is 1. The zero-order chi connectivity index (χ0) is 12.8. The summed E-state index contributed by atoms with van der Waals surface area (Å²) in [6.45, 7) is 3.74. The lowest BCUT2D eigenvalue weighted by molar-refractivity contribution is 0.00750. The Morgan fingerprint density at radius 2 is 2.39 bits per heavy atom. The van der Waals surface area contributed by atoms with Gasteiger partial charge in [-0.15, -0.1) is 0 Å². The topological polar surface area (TPSA) is 53.1 Å². The summed E-state index contributed by atoms with van der Waals surface area (Å²) >= 11 is 3.49. The van der Waals surface area contributed by atoms with E-state index in [2.05, 4.69) is 33.9 Å². The molecule has 3 rings (SSSR count). The number of fused-ring (bicyclic) bond motifs is 1. The first-order valence-corrected chi connectivity index (χ1v) is 6.92. The van der Waals surface area contributed by atoms with Gasteiger partial charge in [-0.3, -0.25) is 0 Å². The summed E-state index contributed by atoms with van der Waals surface area (Å²) in [4.78, 5) is 4.39. The SMILES string of the molecule is CC1(Cn2c(N)nc3ccc(Br)cc32)CCCO1. The smallest absolute Gasteiger partial charge is 0.201 e. The van der Waals surface area contributed by atoms with Crippen molar-refractivity contribution in [3.05, 3.63) is 22.7 Å². The van der Waals surface area contributed by atoms with Crippen molar-refractivity contribution in [2.24, 2.45) is 0 Å². The minimum atomic E-state index is -0.121. The summed E-state index contributed by atoms with van der Waals surface area (Å²) in [6, 6.07) is 6.01. The molecule has 0 radical (unpaired) electrons. The number of anilines is 1. The Kier molecular flexibility index (Phi) is 2.83. The van der Waals surface area contributed by atoms with Crippen molar-refractivity contribution in [1.29, 1.82) is 0 Å². The van der Waals surface area contributed by atoms with Gasteiger partial charge in [-0.05, 0) is 38.0 Å². The molecule has 96 valence electrons. The number of hydrogen-bond acceptors (Lipinski definition) is 3. The first kappa shape index (κ1) is 12.0. The van der Waals surface area contributed by atoms with Gasteiger partial charge < -0.3 is 15.0 Å². The Morgan fingerprint density at radius 3 is 3.11 bits per heavy atom. The first-order valence-electron chi connectivity index (χ1n) is 6.13. The minimum Gasteiger partial charge on any atom is -0.373 e. The van der Waals surface area contributed by atoms with Gasteiger partial charge in [0.2, 0.25) is 5.95 Å². The maximum Gasteiger partial charge on any atom is 0.201 e. The maximum absolute atomic E-state index is 6.02. The molecule has 2 heterocycles. The van der Waals surface area contributed by atoms with Gasteiger partial charge in [0.1, 0.15) is 0 Å². The highest BCUT2D eigenvalue weighted by molar-refractivity contribution is 9.10. The molecule has 0 amide bonds. The zero-order valence-corrected chi connectivity index (χ0v) is 11.9. The van der Waals surface area contributed by atoms with Crippen molar-refractivity contribution in [3.8, 4) is 0 Å². The number of hydrogen-bond donors (Lipinski definition) is 1. The average Bonchev–Trinajstić information content (AvgIpc) is 2.86. The molecular weight excluding hydrogens is 294 g/mol. The van der Waals surface area contributed by atoms with Gasteiger partial charge in [0.15, 0.2) is 0 Å². The second kappa shape index (κ2) is 4.24. The molecule has 1 aliphatic heterocycles. The Morgan fingerprint density at radius 1 is 1.56 bits per heavy atom. The highest BCUT2D eigenvalue weighted by atomic mass is 79.9. The molecule has 1 aromatic heterocycles. The van der Waals surface area contributed by atoms with Gasteiger partial charge in [0.05, 0.1) is 23.2 Å². The van der Waals surface area contributed by atoms with E-state index < -0.39 is 0 Å². The third-order valence-corrected chi connectivity index (χ3v) is 4.03. The Hall–Kier alpha value is -1.07. The van der Waals surface area contributed by atoms with Gasteiger partial charge in [0.25, 0.3) is 0 Å². The molecular formula is C13H16BrN3O. The van der Waals surface area contributed by atoms with Gasteiger partial charge >= 0.3 is 0 Å². The molecule has 1 fully saturated rings. The highest BCUT2D eigenvalue weighted by Crippen LogP contribution is 2.30. The minimum absolute atomic E-state index is 0.121. The van der Waals surface area contributed by atoms with Crippen LogP contribution < -0.4 is 5.73 Å². The third kappa shape index (κ3) is 2.01. The number of aromatic nitrogens is 2. The molecule has 2 N–H and O–H groups in total. The van der Waals surface area contributed by atoms with Crippen molar-refractivity contribution < 1.29 is 4.74 Å². The third-order valence-electron chi connectivity index (χ3n) is 3.53. The fraction of sp³-hybridized carbons (Fsp3) is 0.462. The van der Waals surface area contributed by atoms with Gasteiger partial charge in [-0.2, -0.15) is 0 Å². The second-order valence-electron chi connectivity index (χ2n) is 5.09. The molecule has 1 unspecified atom stereocenters. The van der Waals surface area contributed by atoms with E-state index in [1.807, 2.05) is 16.7 Å². The van der Waals surface area contributed by atoms with Crippen LogP contribution in [-0.2, 0) is 11.3 Å². The Bertz CT molecular complexity index is 587. The monoisotopic (exact) mass is 309 g/mol. The molecule has 0 spiro atoms. The number of imidazole rings is 1. The van der Waals surface area contributed by atoms with E-state index in [0.717, 1.165) is 41.5 Å². The van der Waals surface area contributed by atoms with E-state index in [4.69, 9.17) is 10.5 Å². The predicted molar refractivity (Wildman–Crippen MR) is 75.4 cm³/mol. The van der Waals surface area contributed by atoms with Crippen LogP contribution in [0.2, 0.25) is 0 Å². The first-order chi connectivity index (χ1) is 8.57. The lowest BCUT2D eigenvalue weighted by Crippen LogP contribution is -2.30. The molecule has 4 nitrogen and oxygen atoms in total. The van der Waals surface area contributed by atoms with Crippen LogP contribution in [0.4, 0.5) is 5.95 Å². The van der Waals surface area contributed by atoms with Crippen molar-refractivity contribution in [2.45, 2.75) is 31.9 Å². The second-order valence-corrected chi connectivity index (χ2v) is 6.01. The van der Waals surface area contributed by atoms with Crippen LogP contribution in [0.25, 0.3) is 11.0 Å². The molecule has 2 aromatic rings. The zero-order valence-electron chi connectivity index (χ0n) is 10.3. The molecule has 0 aliphatic carbocycles. The molecule has 18 heavy (non-hydrogen) atoms. The standard InChI is InChI=1S/C13H16BrN3O/c1-13(5-2-6-18-13)8-17-11-7-9(14)3-4-10(11)16-12(17)15/h3-4,7H,2,5-6,8H2,1H3,(H2,15,16). The summed E-state index contributed by atoms with van der Waals surface area (Å²) in [7, 11) is 0. The van der Waals surface area contributed by atoms with Crippen LogP contribution in [0.5, 0.6) is 0 Å². The molecule has 0 bridgehead atoms. The maximum atomic E-state index is 6.02. The van der Waals surface area contributed by atoms with Crippen molar-refractivity contribution in [3.63, 3.8) is 0 Å².